The van der Waals surface area contributed by atoms with Crippen molar-refractivity contribution in [2.45, 2.75) is 25.6 Å². The predicted octanol–water partition coefficient (Wildman–Crippen LogP) is 4.51. The molecule has 0 saturated carbocycles. The van der Waals surface area contributed by atoms with E-state index in [2.05, 4.69) is 28.1 Å². The number of hydrogen-bond acceptors (Lipinski definition) is 2. The maximum atomic E-state index is 5.98. The van der Waals surface area contributed by atoms with Crippen LogP contribution in [0.15, 0.2) is 40.9 Å². The Morgan fingerprint density at radius 1 is 1.06 bits per heavy atom. The molecule has 0 bridgehead atoms. The molecule has 1 atom stereocenters. The molecule has 1 heterocycles. The Morgan fingerprint density at radius 2 is 1.89 bits per heavy atom. The quantitative estimate of drug-likeness (QED) is 0.813. The van der Waals surface area contributed by atoms with E-state index in [0.29, 0.717) is 0 Å². The molecular formula is C15H15BrO2. The van der Waals surface area contributed by atoms with Gasteiger partial charge in [-0.15, -0.1) is 0 Å². The lowest BCUT2D eigenvalue weighted by Gasteiger charge is -2.24. The summed E-state index contributed by atoms with van der Waals surface area (Å²) in [6.07, 6.45) is 3.20. The van der Waals surface area contributed by atoms with E-state index >= 15 is 0 Å². The van der Waals surface area contributed by atoms with Crippen LogP contribution in [-0.4, -0.2) is 12.9 Å². The van der Waals surface area contributed by atoms with E-state index in [1.807, 2.05) is 24.3 Å². The lowest BCUT2D eigenvalue weighted by Crippen LogP contribution is -2.25. The zero-order valence-corrected chi connectivity index (χ0v) is 11.7. The van der Waals surface area contributed by atoms with Gasteiger partial charge in [-0.1, -0.05) is 40.2 Å². The standard InChI is InChI=1S/C15H15BrO2/c16-13-8-9-14(12-6-2-1-5-11(12)13)18-15-7-3-4-10-17-15/h1-2,5-6,8-9,15H,3-4,7,10H2. The summed E-state index contributed by atoms with van der Waals surface area (Å²) in [4.78, 5) is 0. The van der Waals surface area contributed by atoms with Crippen LogP contribution in [0.1, 0.15) is 19.3 Å². The molecule has 94 valence electrons. The minimum atomic E-state index is -0.0941. The van der Waals surface area contributed by atoms with Gasteiger partial charge in [-0.2, -0.15) is 0 Å². The topological polar surface area (TPSA) is 18.5 Å². The van der Waals surface area contributed by atoms with E-state index in [0.717, 1.165) is 35.1 Å². The molecule has 18 heavy (non-hydrogen) atoms. The summed E-state index contributed by atoms with van der Waals surface area (Å²) in [5.74, 6) is 0.903. The number of hydrogen-bond donors (Lipinski definition) is 0. The molecule has 0 aliphatic carbocycles. The Hall–Kier alpha value is -1.06. The molecule has 2 aromatic rings. The molecule has 0 spiro atoms. The summed E-state index contributed by atoms with van der Waals surface area (Å²) in [5.41, 5.74) is 0. The van der Waals surface area contributed by atoms with Crippen molar-refractivity contribution in [1.29, 1.82) is 0 Å². The largest absolute Gasteiger partial charge is 0.464 e. The van der Waals surface area contributed by atoms with E-state index in [9.17, 15) is 0 Å². The van der Waals surface area contributed by atoms with Crippen molar-refractivity contribution in [2.24, 2.45) is 0 Å². The molecule has 0 amide bonds. The molecule has 3 rings (SSSR count). The van der Waals surface area contributed by atoms with Gasteiger partial charge in [0.1, 0.15) is 5.75 Å². The zero-order valence-electron chi connectivity index (χ0n) is 10.1. The van der Waals surface area contributed by atoms with Crippen molar-refractivity contribution in [2.75, 3.05) is 6.61 Å². The summed E-state index contributed by atoms with van der Waals surface area (Å²) < 4.78 is 12.7. The SMILES string of the molecule is Brc1ccc(OC2CCCCO2)c2ccccc12. The van der Waals surface area contributed by atoms with Crippen LogP contribution in [0, 0.1) is 0 Å². The molecule has 2 aromatic carbocycles. The molecule has 3 heteroatoms. The van der Waals surface area contributed by atoms with E-state index in [4.69, 9.17) is 9.47 Å². The van der Waals surface area contributed by atoms with Crippen molar-refractivity contribution in [3.05, 3.63) is 40.9 Å². The van der Waals surface area contributed by atoms with Crippen LogP contribution in [0.5, 0.6) is 5.75 Å². The maximum Gasteiger partial charge on any atom is 0.199 e. The summed E-state index contributed by atoms with van der Waals surface area (Å²) in [7, 11) is 0. The van der Waals surface area contributed by atoms with Gasteiger partial charge < -0.3 is 9.47 Å². The molecule has 0 N–H and O–H groups in total. The average molecular weight is 307 g/mol. The van der Waals surface area contributed by atoms with E-state index in [-0.39, 0.29) is 6.29 Å². The predicted molar refractivity (Wildman–Crippen MR) is 75.9 cm³/mol. The van der Waals surface area contributed by atoms with Gasteiger partial charge in [0.25, 0.3) is 0 Å². The fraction of sp³-hybridized carbons (Fsp3) is 0.333. The Balaban J connectivity index is 1.94. The minimum absolute atomic E-state index is 0.0941. The third kappa shape index (κ3) is 2.38. The van der Waals surface area contributed by atoms with Crippen molar-refractivity contribution < 1.29 is 9.47 Å². The fourth-order valence-corrected chi connectivity index (χ4v) is 2.76. The van der Waals surface area contributed by atoms with Crippen molar-refractivity contribution in [3.8, 4) is 5.75 Å². The second-order valence-corrected chi connectivity index (χ2v) is 5.36. The van der Waals surface area contributed by atoms with E-state index in [1.165, 1.54) is 11.8 Å². The number of halogens is 1. The first-order chi connectivity index (χ1) is 8.84. The zero-order chi connectivity index (χ0) is 12.4. The highest BCUT2D eigenvalue weighted by Gasteiger charge is 2.16. The summed E-state index contributed by atoms with van der Waals surface area (Å²) in [5, 5.41) is 2.30. The van der Waals surface area contributed by atoms with Crippen molar-refractivity contribution in [3.63, 3.8) is 0 Å². The van der Waals surface area contributed by atoms with Crippen LogP contribution in [0.4, 0.5) is 0 Å². The molecule has 1 aliphatic heterocycles. The summed E-state index contributed by atoms with van der Waals surface area (Å²) >= 11 is 3.57. The van der Waals surface area contributed by atoms with Crippen molar-refractivity contribution in [1.82, 2.24) is 0 Å². The van der Waals surface area contributed by atoms with Gasteiger partial charge in [-0.3, -0.25) is 0 Å². The lowest BCUT2D eigenvalue weighted by molar-refractivity contribution is -0.105. The molecule has 0 radical (unpaired) electrons. The highest BCUT2D eigenvalue weighted by atomic mass is 79.9. The van der Waals surface area contributed by atoms with Gasteiger partial charge in [0.2, 0.25) is 0 Å². The van der Waals surface area contributed by atoms with Crippen LogP contribution in [0.3, 0.4) is 0 Å². The second kappa shape index (κ2) is 5.29. The molecule has 1 aliphatic rings. The highest BCUT2D eigenvalue weighted by Crippen LogP contribution is 2.32. The van der Waals surface area contributed by atoms with Crippen LogP contribution < -0.4 is 4.74 Å². The Kier molecular flexibility index (Phi) is 3.52. The maximum absolute atomic E-state index is 5.98. The molecule has 1 saturated heterocycles. The van der Waals surface area contributed by atoms with Crippen LogP contribution in [0.2, 0.25) is 0 Å². The van der Waals surface area contributed by atoms with Crippen molar-refractivity contribution >= 4 is 26.7 Å². The number of ether oxygens (including phenoxy) is 2. The van der Waals surface area contributed by atoms with Gasteiger partial charge in [0, 0.05) is 16.3 Å². The third-order valence-electron chi connectivity index (χ3n) is 3.23. The van der Waals surface area contributed by atoms with Gasteiger partial charge in [-0.25, -0.2) is 0 Å². The summed E-state index contributed by atoms with van der Waals surface area (Å²) in [6.45, 7) is 0.805. The van der Waals surface area contributed by atoms with Crippen LogP contribution in [-0.2, 0) is 4.74 Å². The smallest absolute Gasteiger partial charge is 0.199 e. The number of fused-ring (bicyclic) bond motifs is 1. The molecule has 0 aromatic heterocycles. The van der Waals surface area contributed by atoms with Gasteiger partial charge in [-0.05, 0) is 30.4 Å². The second-order valence-electron chi connectivity index (χ2n) is 4.51. The first-order valence-electron chi connectivity index (χ1n) is 6.30. The Morgan fingerprint density at radius 3 is 2.67 bits per heavy atom. The van der Waals surface area contributed by atoms with Gasteiger partial charge in [0.05, 0.1) is 6.61 Å². The molecular weight excluding hydrogens is 292 g/mol. The minimum Gasteiger partial charge on any atom is -0.464 e. The fourth-order valence-electron chi connectivity index (χ4n) is 2.28. The first-order valence-corrected chi connectivity index (χ1v) is 7.09. The van der Waals surface area contributed by atoms with Gasteiger partial charge in [0.15, 0.2) is 6.29 Å². The number of benzene rings is 2. The first kappa shape index (κ1) is 12.0. The normalized spacial score (nSPS) is 19.9. The van der Waals surface area contributed by atoms with E-state index < -0.39 is 0 Å². The number of rotatable bonds is 2. The van der Waals surface area contributed by atoms with Gasteiger partial charge >= 0.3 is 0 Å². The lowest BCUT2D eigenvalue weighted by atomic mass is 10.1. The van der Waals surface area contributed by atoms with E-state index in [1.54, 1.807) is 0 Å². The average Bonchev–Trinajstić information content (AvgIpc) is 2.44. The molecule has 1 unspecified atom stereocenters. The Labute approximate surface area is 115 Å². The molecule has 1 fully saturated rings. The van der Waals surface area contributed by atoms with Crippen LogP contribution >= 0.6 is 15.9 Å². The monoisotopic (exact) mass is 306 g/mol. The highest BCUT2D eigenvalue weighted by molar-refractivity contribution is 9.10. The van der Waals surface area contributed by atoms with Crippen LogP contribution in [0.25, 0.3) is 10.8 Å². The molecule has 2 nitrogen and oxygen atoms in total. The Bertz CT molecular complexity index is 547. The summed E-state index contributed by atoms with van der Waals surface area (Å²) in [6, 6.07) is 12.3. The third-order valence-corrected chi connectivity index (χ3v) is 3.92.